The van der Waals surface area contributed by atoms with Gasteiger partial charge in [-0.25, -0.2) is 9.78 Å². The standard InChI is InChI=1S/C10H6N2O3/c1-14-10(13)9-12-7-3-2-6(5-11)4-8(7)15-9/h2-4H,1H3. The summed E-state index contributed by atoms with van der Waals surface area (Å²) in [5.74, 6) is -0.743. The minimum absolute atomic E-state index is 0.109. The molecular weight excluding hydrogens is 196 g/mol. The van der Waals surface area contributed by atoms with Gasteiger partial charge in [-0.1, -0.05) is 0 Å². The van der Waals surface area contributed by atoms with E-state index in [0.29, 0.717) is 16.7 Å². The molecule has 2 aromatic rings. The number of ether oxygens (including phenoxy) is 1. The summed E-state index contributed by atoms with van der Waals surface area (Å²) in [5, 5.41) is 8.66. The monoisotopic (exact) mass is 202 g/mol. The highest BCUT2D eigenvalue weighted by atomic mass is 16.5. The third kappa shape index (κ3) is 1.53. The van der Waals surface area contributed by atoms with Crippen molar-refractivity contribution in [2.75, 3.05) is 7.11 Å². The average molecular weight is 202 g/mol. The summed E-state index contributed by atoms with van der Waals surface area (Å²) < 4.78 is 9.59. The van der Waals surface area contributed by atoms with Crippen LogP contribution in [0.3, 0.4) is 0 Å². The number of nitriles is 1. The SMILES string of the molecule is COC(=O)c1nc2ccc(C#N)cc2o1. The smallest absolute Gasteiger partial charge is 0.394 e. The lowest BCUT2D eigenvalue weighted by atomic mass is 10.2. The lowest BCUT2D eigenvalue weighted by Gasteiger charge is -1.89. The van der Waals surface area contributed by atoms with Gasteiger partial charge in [-0.2, -0.15) is 5.26 Å². The summed E-state index contributed by atoms with van der Waals surface area (Å²) in [5.41, 5.74) is 1.37. The van der Waals surface area contributed by atoms with E-state index in [1.807, 2.05) is 6.07 Å². The van der Waals surface area contributed by atoms with Gasteiger partial charge in [0.05, 0.1) is 18.7 Å². The summed E-state index contributed by atoms with van der Waals surface area (Å²) in [7, 11) is 1.25. The minimum atomic E-state index is -0.635. The number of fused-ring (bicyclic) bond motifs is 1. The molecular formula is C10H6N2O3. The van der Waals surface area contributed by atoms with Crippen molar-refractivity contribution in [3.05, 3.63) is 29.7 Å². The Balaban J connectivity index is 2.57. The number of hydrogen-bond donors (Lipinski definition) is 0. The molecule has 0 amide bonds. The molecule has 74 valence electrons. The fourth-order valence-corrected chi connectivity index (χ4v) is 1.17. The molecule has 0 fully saturated rings. The van der Waals surface area contributed by atoms with Crippen molar-refractivity contribution >= 4 is 17.1 Å². The van der Waals surface area contributed by atoms with Gasteiger partial charge in [0.15, 0.2) is 5.58 Å². The Morgan fingerprint density at radius 2 is 2.40 bits per heavy atom. The van der Waals surface area contributed by atoms with E-state index >= 15 is 0 Å². The van der Waals surface area contributed by atoms with E-state index < -0.39 is 5.97 Å². The van der Waals surface area contributed by atoms with Crippen molar-refractivity contribution in [1.29, 1.82) is 5.26 Å². The normalized spacial score (nSPS) is 9.87. The zero-order chi connectivity index (χ0) is 10.8. The van der Waals surface area contributed by atoms with Crippen LogP contribution in [-0.4, -0.2) is 18.1 Å². The van der Waals surface area contributed by atoms with Crippen LogP contribution in [0.2, 0.25) is 0 Å². The first kappa shape index (κ1) is 9.21. The van der Waals surface area contributed by atoms with Crippen molar-refractivity contribution in [3.63, 3.8) is 0 Å². The number of aromatic nitrogens is 1. The van der Waals surface area contributed by atoms with Crippen molar-refractivity contribution in [3.8, 4) is 6.07 Å². The van der Waals surface area contributed by atoms with Gasteiger partial charge in [0.25, 0.3) is 0 Å². The average Bonchev–Trinajstić information content (AvgIpc) is 2.70. The molecule has 1 heterocycles. The van der Waals surface area contributed by atoms with Crippen LogP contribution >= 0.6 is 0 Å². The molecule has 0 atom stereocenters. The zero-order valence-corrected chi connectivity index (χ0v) is 7.85. The van der Waals surface area contributed by atoms with E-state index in [1.165, 1.54) is 13.2 Å². The quantitative estimate of drug-likeness (QED) is 0.654. The Morgan fingerprint density at radius 3 is 3.07 bits per heavy atom. The maximum Gasteiger partial charge on any atom is 0.394 e. The molecule has 0 bridgehead atoms. The highest BCUT2D eigenvalue weighted by Gasteiger charge is 2.14. The number of nitrogens with zero attached hydrogens (tertiary/aromatic N) is 2. The molecule has 0 N–H and O–H groups in total. The molecule has 0 aliphatic rings. The fraction of sp³-hybridized carbons (Fsp3) is 0.100. The lowest BCUT2D eigenvalue weighted by molar-refractivity contribution is 0.0558. The second kappa shape index (κ2) is 3.42. The summed E-state index contributed by atoms with van der Waals surface area (Å²) in [4.78, 5) is 15.0. The number of benzene rings is 1. The minimum Gasteiger partial charge on any atom is -0.462 e. The first-order valence-electron chi connectivity index (χ1n) is 4.13. The maximum atomic E-state index is 11.1. The van der Waals surface area contributed by atoms with Crippen LogP contribution in [0.4, 0.5) is 0 Å². The first-order chi connectivity index (χ1) is 7.24. The van der Waals surface area contributed by atoms with Gasteiger partial charge in [-0.05, 0) is 12.1 Å². The number of esters is 1. The van der Waals surface area contributed by atoms with E-state index in [9.17, 15) is 4.79 Å². The first-order valence-corrected chi connectivity index (χ1v) is 4.13. The Hall–Kier alpha value is -2.35. The van der Waals surface area contributed by atoms with E-state index in [-0.39, 0.29) is 5.89 Å². The third-order valence-corrected chi connectivity index (χ3v) is 1.88. The second-order valence-electron chi connectivity index (χ2n) is 2.80. The molecule has 0 aliphatic carbocycles. The Kier molecular flexibility index (Phi) is 2.10. The number of oxazole rings is 1. The van der Waals surface area contributed by atoms with Gasteiger partial charge in [-0.3, -0.25) is 0 Å². The topological polar surface area (TPSA) is 76.1 Å². The number of carbonyl (C=O) groups excluding carboxylic acids is 1. The molecule has 0 radical (unpaired) electrons. The van der Waals surface area contributed by atoms with Crippen molar-refractivity contribution in [2.45, 2.75) is 0 Å². The molecule has 1 aromatic carbocycles. The van der Waals surface area contributed by atoms with Gasteiger partial charge < -0.3 is 9.15 Å². The molecule has 0 unspecified atom stereocenters. The van der Waals surface area contributed by atoms with E-state index in [4.69, 9.17) is 9.68 Å². The van der Waals surface area contributed by atoms with Crippen LogP contribution in [0.5, 0.6) is 0 Å². The number of rotatable bonds is 1. The molecule has 0 saturated carbocycles. The van der Waals surface area contributed by atoms with Gasteiger partial charge >= 0.3 is 11.9 Å². The zero-order valence-electron chi connectivity index (χ0n) is 7.85. The number of carbonyl (C=O) groups is 1. The highest BCUT2D eigenvalue weighted by Crippen LogP contribution is 2.17. The molecule has 5 heteroatoms. The van der Waals surface area contributed by atoms with Crippen LogP contribution < -0.4 is 0 Å². The number of hydrogen-bond acceptors (Lipinski definition) is 5. The summed E-state index contributed by atoms with van der Waals surface area (Å²) in [6.07, 6.45) is 0. The van der Waals surface area contributed by atoms with Gasteiger partial charge in [-0.15, -0.1) is 0 Å². The summed E-state index contributed by atoms with van der Waals surface area (Å²) in [6.45, 7) is 0. The molecule has 5 nitrogen and oxygen atoms in total. The summed E-state index contributed by atoms with van der Waals surface area (Å²) in [6, 6.07) is 6.71. The molecule has 15 heavy (non-hydrogen) atoms. The predicted molar refractivity (Wildman–Crippen MR) is 50.1 cm³/mol. The van der Waals surface area contributed by atoms with Gasteiger partial charge in [0.1, 0.15) is 5.52 Å². The largest absolute Gasteiger partial charge is 0.462 e. The molecule has 0 saturated heterocycles. The van der Waals surface area contributed by atoms with Gasteiger partial charge in [0, 0.05) is 6.07 Å². The summed E-state index contributed by atoms with van der Waals surface area (Å²) >= 11 is 0. The van der Waals surface area contributed by atoms with Crippen LogP contribution in [0, 0.1) is 11.3 Å². The number of methoxy groups -OCH3 is 1. The molecule has 1 aromatic heterocycles. The van der Waals surface area contributed by atoms with Crippen LogP contribution in [0.25, 0.3) is 11.1 Å². The van der Waals surface area contributed by atoms with Gasteiger partial charge in [0.2, 0.25) is 0 Å². The van der Waals surface area contributed by atoms with Crippen LogP contribution in [-0.2, 0) is 4.74 Å². The maximum absolute atomic E-state index is 11.1. The van der Waals surface area contributed by atoms with Crippen LogP contribution in [0.1, 0.15) is 16.2 Å². The molecule has 0 spiro atoms. The fourth-order valence-electron chi connectivity index (χ4n) is 1.17. The van der Waals surface area contributed by atoms with E-state index in [1.54, 1.807) is 12.1 Å². The molecule has 0 aliphatic heterocycles. The Bertz CT molecular complexity index is 566. The van der Waals surface area contributed by atoms with Crippen molar-refractivity contribution in [2.24, 2.45) is 0 Å². The lowest BCUT2D eigenvalue weighted by Crippen LogP contribution is -2.00. The Morgan fingerprint density at radius 1 is 1.60 bits per heavy atom. The predicted octanol–water partition coefficient (Wildman–Crippen LogP) is 1.49. The van der Waals surface area contributed by atoms with Crippen molar-refractivity contribution < 1.29 is 13.9 Å². The van der Waals surface area contributed by atoms with E-state index in [2.05, 4.69) is 9.72 Å². The highest BCUT2D eigenvalue weighted by molar-refractivity contribution is 5.88. The Labute approximate surface area is 84.9 Å². The molecule has 2 rings (SSSR count). The van der Waals surface area contributed by atoms with Crippen molar-refractivity contribution in [1.82, 2.24) is 4.98 Å². The van der Waals surface area contributed by atoms with E-state index in [0.717, 1.165) is 0 Å². The third-order valence-electron chi connectivity index (χ3n) is 1.88. The van der Waals surface area contributed by atoms with Crippen LogP contribution in [0.15, 0.2) is 22.6 Å². The second-order valence-corrected chi connectivity index (χ2v) is 2.80.